The zero-order chi connectivity index (χ0) is 19.5. The highest BCUT2D eigenvalue weighted by atomic mass is 16.5. The topological polar surface area (TPSA) is 84.5 Å². The lowest BCUT2D eigenvalue weighted by Gasteiger charge is -2.14. The van der Waals surface area contributed by atoms with Crippen LogP contribution >= 0.6 is 0 Å². The van der Waals surface area contributed by atoms with Gasteiger partial charge in [-0.2, -0.15) is 0 Å². The molecule has 1 saturated heterocycles. The number of benzene rings is 3. The van der Waals surface area contributed by atoms with Gasteiger partial charge in [0.05, 0.1) is 0 Å². The summed E-state index contributed by atoms with van der Waals surface area (Å²) >= 11 is 0. The quantitative estimate of drug-likeness (QED) is 0.544. The number of carbonyl (C=O) groups excluding carboxylic acids is 3. The van der Waals surface area contributed by atoms with Crippen molar-refractivity contribution in [3.63, 3.8) is 0 Å². The molecule has 1 fully saturated rings. The van der Waals surface area contributed by atoms with E-state index in [1.54, 1.807) is 24.3 Å². The van der Waals surface area contributed by atoms with Crippen LogP contribution in [0.15, 0.2) is 72.3 Å². The molecule has 1 heterocycles. The summed E-state index contributed by atoms with van der Waals surface area (Å²) in [6, 6.07) is 20.4. The van der Waals surface area contributed by atoms with E-state index in [2.05, 4.69) is 18.2 Å². The van der Waals surface area contributed by atoms with Crippen molar-refractivity contribution in [1.29, 1.82) is 0 Å². The molecule has 4 rings (SSSR count). The van der Waals surface area contributed by atoms with Crippen LogP contribution in [0.1, 0.15) is 11.1 Å². The summed E-state index contributed by atoms with van der Waals surface area (Å²) in [4.78, 5) is 34.8. The Bertz CT molecular complexity index is 1110. The van der Waals surface area contributed by atoms with Gasteiger partial charge in [0.15, 0.2) is 0 Å². The summed E-state index contributed by atoms with van der Waals surface area (Å²) in [6.07, 6.45) is 1.42. The molecule has 4 amide bonds. The smallest absolute Gasteiger partial charge is 0.328 e. The summed E-state index contributed by atoms with van der Waals surface area (Å²) in [7, 11) is 0. The third-order valence-electron chi connectivity index (χ3n) is 4.39. The van der Waals surface area contributed by atoms with E-state index in [9.17, 15) is 14.4 Å². The molecular weight excluding hydrogens is 356 g/mol. The molecule has 0 unspecified atom stereocenters. The minimum Gasteiger partial charge on any atom is -0.489 e. The van der Waals surface area contributed by atoms with E-state index in [4.69, 9.17) is 4.74 Å². The van der Waals surface area contributed by atoms with Crippen LogP contribution in [-0.4, -0.2) is 17.8 Å². The minimum absolute atomic E-state index is 0.134. The van der Waals surface area contributed by atoms with Gasteiger partial charge in [-0.3, -0.25) is 20.2 Å². The van der Waals surface area contributed by atoms with Gasteiger partial charge in [0.2, 0.25) is 0 Å². The predicted molar refractivity (Wildman–Crippen MR) is 104 cm³/mol. The van der Waals surface area contributed by atoms with Crippen molar-refractivity contribution in [2.24, 2.45) is 0 Å². The second kappa shape index (κ2) is 7.36. The van der Waals surface area contributed by atoms with E-state index in [0.717, 1.165) is 16.3 Å². The minimum atomic E-state index is -0.820. The van der Waals surface area contributed by atoms with Gasteiger partial charge in [-0.15, -0.1) is 0 Å². The fourth-order valence-electron chi connectivity index (χ4n) is 3.05. The van der Waals surface area contributed by atoms with Gasteiger partial charge in [-0.05, 0) is 40.1 Å². The largest absolute Gasteiger partial charge is 0.489 e. The molecule has 2 N–H and O–H groups in total. The third kappa shape index (κ3) is 3.61. The van der Waals surface area contributed by atoms with Crippen LogP contribution in [0.4, 0.5) is 4.79 Å². The number of barbiturate groups is 1. The van der Waals surface area contributed by atoms with Crippen molar-refractivity contribution < 1.29 is 19.1 Å². The molecule has 0 spiro atoms. The summed E-state index contributed by atoms with van der Waals surface area (Å²) in [5, 5.41) is 6.37. The maximum absolute atomic E-state index is 11.8. The monoisotopic (exact) mass is 372 g/mol. The number of ether oxygens (including phenoxy) is 1. The Labute approximate surface area is 160 Å². The lowest BCUT2D eigenvalue weighted by atomic mass is 10.1. The number of nitrogens with one attached hydrogen (secondary N) is 2. The fraction of sp³-hybridized carbons (Fsp3) is 0.0455. The number of imide groups is 2. The first-order chi connectivity index (χ1) is 13.6. The van der Waals surface area contributed by atoms with Crippen LogP contribution in [0.2, 0.25) is 0 Å². The Kier molecular flexibility index (Phi) is 4.60. The molecule has 6 nitrogen and oxygen atoms in total. The van der Waals surface area contributed by atoms with Crippen molar-refractivity contribution in [2.75, 3.05) is 0 Å². The van der Waals surface area contributed by atoms with E-state index in [-0.39, 0.29) is 5.57 Å². The van der Waals surface area contributed by atoms with Crippen LogP contribution in [0.5, 0.6) is 5.75 Å². The van der Waals surface area contributed by atoms with Crippen molar-refractivity contribution in [3.05, 3.63) is 83.4 Å². The number of urea groups is 1. The lowest BCUT2D eigenvalue weighted by Crippen LogP contribution is -2.51. The highest BCUT2D eigenvalue weighted by Gasteiger charge is 2.27. The average molecular weight is 372 g/mol. The highest BCUT2D eigenvalue weighted by molar-refractivity contribution is 6.31. The normalized spacial score (nSPS) is 13.9. The Morgan fingerprint density at radius 3 is 2.36 bits per heavy atom. The second-order valence-electron chi connectivity index (χ2n) is 6.29. The first kappa shape index (κ1) is 17.5. The Morgan fingerprint density at radius 1 is 0.821 bits per heavy atom. The molecule has 3 aromatic carbocycles. The Morgan fingerprint density at radius 2 is 1.54 bits per heavy atom. The standard InChI is InChI=1S/C22H16N2O4/c25-20-19(21(26)24-22(27)23-20)12-14-5-3-9-17(11-14)28-13-16-8-4-7-15-6-1-2-10-18(15)16/h1-12H,13H2,(H2,23,24,25,26,27). The highest BCUT2D eigenvalue weighted by Crippen LogP contribution is 2.22. The molecule has 1 aliphatic rings. The molecule has 0 bridgehead atoms. The maximum Gasteiger partial charge on any atom is 0.328 e. The zero-order valence-corrected chi connectivity index (χ0v) is 14.8. The number of rotatable bonds is 4. The fourth-order valence-corrected chi connectivity index (χ4v) is 3.05. The first-order valence-electron chi connectivity index (χ1n) is 8.68. The van der Waals surface area contributed by atoms with Crippen molar-refractivity contribution in [2.45, 2.75) is 6.61 Å². The molecule has 0 aliphatic carbocycles. The van der Waals surface area contributed by atoms with Gasteiger partial charge >= 0.3 is 6.03 Å². The van der Waals surface area contributed by atoms with Gasteiger partial charge < -0.3 is 4.74 Å². The molecule has 1 aliphatic heterocycles. The van der Waals surface area contributed by atoms with Crippen molar-refractivity contribution in [1.82, 2.24) is 10.6 Å². The number of fused-ring (bicyclic) bond motifs is 1. The van der Waals surface area contributed by atoms with Crippen LogP contribution in [0.25, 0.3) is 16.8 Å². The number of hydrogen-bond acceptors (Lipinski definition) is 4. The number of carbonyl (C=O) groups is 3. The van der Waals surface area contributed by atoms with Crippen molar-refractivity contribution in [3.8, 4) is 5.75 Å². The van der Waals surface area contributed by atoms with E-state index >= 15 is 0 Å². The molecule has 0 aromatic heterocycles. The maximum atomic E-state index is 11.8. The molecule has 0 saturated carbocycles. The van der Waals surface area contributed by atoms with Gasteiger partial charge in [-0.1, -0.05) is 54.6 Å². The van der Waals surface area contributed by atoms with Crippen LogP contribution in [-0.2, 0) is 16.2 Å². The molecule has 6 heteroatoms. The van der Waals surface area contributed by atoms with Gasteiger partial charge in [-0.25, -0.2) is 4.79 Å². The SMILES string of the molecule is O=C1NC(=O)C(=Cc2cccc(OCc3cccc4ccccc34)c2)C(=O)N1. The van der Waals surface area contributed by atoms with Gasteiger partial charge in [0.25, 0.3) is 11.8 Å². The summed E-state index contributed by atoms with van der Waals surface area (Å²) < 4.78 is 5.92. The van der Waals surface area contributed by atoms with E-state index < -0.39 is 17.8 Å². The summed E-state index contributed by atoms with van der Waals surface area (Å²) in [5.41, 5.74) is 1.54. The van der Waals surface area contributed by atoms with E-state index in [1.165, 1.54) is 6.08 Å². The first-order valence-corrected chi connectivity index (χ1v) is 8.68. The van der Waals surface area contributed by atoms with Crippen LogP contribution in [0, 0.1) is 0 Å². The Balaban J connectivity index is 1.54. The van der Waals surface area contributed by atoms with E-state index in [1.807, 2.05) is 34.9 Å². The van der Waals surface area contributed by atoms with E-state index in [0.29, 0.717) is 17.9 Å². The summed E-state index contributed by atoms with van der Waals surface area (Å²) in [5.74, 6) is -0.846. The molecule has 138 valence electrons. The van der Waals surface area contributed by atoms with Gasteiger partial charge in [0.1, 0.15) is 17.9 Å². The lowest BCUT2D eigenvalue weighted by molar-refractivity contribution is -0.123. The third-order valence-corrected chi connectivity index (χ3v) is 4.39. The van der Waals surface area contributed by atoms with Crippen LogP contribution in [0.3, 0.4) is 0 Å². The second-order valence-corrected chi connectivity index (χ2v) is 6.29. The predicted octanol–water partition coefficient (Wildman–Crippen LogP) is 3.17. The molecule has 3 aromatic rings. The van der Waals surface area contributed by atoms with Crippen LogP contribution < -0.4 is 15.4 Å². The molecule has 28 heavy (non-hydrogen) atoms. The molecular formula is C22H16N2O4. The summed E-state index contributed by atoms with van der Waals surface area (Å²) in [6.45, 7) is 0.386. The zero-order valence-electron chi connectivity index (χ0n) is 14.8. The molecule has 0 radical (unpaired) electrons. The molecule has 0 atom stereocenters. The number of hydrogen-bond donors (Lipinski definition) is 2. The van der Waals surface area contributed by atoms with Crippen molar-refractivity contribution >= 4 is 34.7 Å². The Hall–Kier alpha value is -3.93. The number of amides is 4. The average Bonchev–Trinajstić information content (AvgIpc) is 2.69. The van der Waals surface area contributed by atoms with Gasteiger partial charge in [0, 0.05) is 0 Å².